The highest BCUT2D eigenvalue weighted by Gasteiger charge is 2.28. The van der Waals surface area contributed by atoms with E-state index in [0.717, 1.165) is 11.1 Å². The zero-order valence-electron chi connectivity index (χ0n) is 20.5. The van der Waals surface area contributed by atoms with Crippen LogP contribution in [-0.4, -0.2) is 43.2 Å². The van der Waals surface area contributed by atoms with Gasteiger partial charge in [0.2, 0.25) is 0 Å². The molecule has 1 N–H and O–H groups in total. The third kappa shape index (κ3) is 6.65. The zero-order valence-corrected chi connectivity index (χ0v) is 20.5. The third-order valence-electron chi connectivity index (χ3n) is 5.27. The maximum Gasteiger partial charge on any atom is 0.408 e. The van der Waals surface area contributed by atoms with E-state index >= 15 is 0 Å². The molecule has 9 heteroatoms. The molecule has 0 aliphatic heterocycles. The monoisotopic (exact) mass is 487 g/mol. The van der Waals surface area contributed by atoms with Crippen molar-refractivity contribution in [1.29, 1.82) is 0 Å². The number of amides is 1. The number of nitrogens with one attached hydrogen (secondary N) is 1. The second kappa shape index (κ2) is 11.0. The van der Waals surface area contributed by atoms with Crippen molar-refractivity contribution in [3.8, 4) is 0 Å². The number of imidazole rings is 1. The Balaban J connectivity index is 1.55. The molecule has 1 atom stereocenters. The SMILES string of the molecule is CC(C)(C)OC(=O)N[C@@H](Cc1ncnc2c1ncn2Cc1ccccc1)C(=O)OCc1ccccc1. The van der Waals surface area contributed by atoms with Gasteiger partial charge in [0, 0.05) is 6.42 Å². The summed E-state index contributed by atoms with van der Waals surface area (Å²) in [6.45, 7) is 5.93. The fourth-order valence-electron chi connectivity index (χ4n) is 3.64. The van der Waals surface area contributed by atoms with Crippen LogP contribution in [0, 0.1) is 0 Å². The van der Waals surface area contributed by atoms with E-state index in [-0.39, 0.29) is 13.0 Å². The summed E-state index contributed by atoms with van der Waals surface area (Å²) in [4.78, 5) is 38.8. The molecule has 186 valence electrons. The maximum absolute atomic E-state index is 13.0. The smallest absolute Gasteiger partial charge is 0.408 e. The van der Waals surface area contributed by atoms with Gasteiger partial charge in [-0.3, -0.25) is 0 Å². The van der Waals surface area contributed by atoms with Crippen molar-refractivity contribution < 1.29 is 19.1 Å². The predicted octanol–water partition coefficient (Wildman–Crippen LogP) is 4.05. The van der Waals surface area contributed by atoms with Gasteiger partial charge < -0.3 is 19.4 Å². The van der Waals surface area contributed by atoms with Crippen LogP contribution in [0.1, 0.15) is 37.6 Å². The summed E-state index contributed by atoms with van der Waals surface area (Å²) < 4.78 is 12.8. The highest BCUT2D eigenvalue weighted by atomic mass is 16.6. The first-order valence-electron chi connectivity index (χ1n) is 11.7. The minimum Gasteiger partial charge on any atom is -0.459 e. The van der Waals surface area contributed by atoms with Crippen molar-refractivity contribution in [2.24, 2.45) is 0 Å². The number of fused-ring (bicyclic) bond motifs is 1. The Hall–Kier alpha value is -4.27. The number of aromatic nitrogens is 4. The quantitative estimate of drug-likeness (QED) is 0.374. The number of rotatable bonds is 8. The number of carbonyl (C=O) groups is 2. The summed E-state index contributed by atoms with van der Waals surface area (Å²) in [5, 5.41) is 2.64. The molecule has 0 saturated heterocycles. The van der Waals surface area contributed by atoms with Crippen molar-refractivity contribution in [3.05, 3.63) is 90.1 Å². The molecule has 0 aliphatic rings. The van der Waals surface area contributed by atoms with Crippen molar-refractivity contribution in [3.63, 3.8) is 0 Å². The Morgan fingerprint density at radius 1 is 0.944 bits per heavy atom. The van der Waals surface area contributed by atoms with Gasteiger partial charge in [-0.2, -0.15) is 0 Å². The number of hydrogen-bond acceptors (Lipinski definition) is 7. The molecule has 0 spiro atoms. The second-order valence-corrected chi connectivity index (χ2v) is 9.35. The summed E-state index contributed by atoms with van der Waals surface area (Å²) in [5.41, 5.74) is 2.93. The van der Waals surface area contributed by atoms with Crippen LogP contribution in [0.3, 0.4) is 0 Å². The Labute approximate surface area is 209 Å². The van der Waals surface area contributed by atoms with E-state index in [9.17, 15) is 9.59 Å². The summed E-state index contributed by atoms with van der Waals surface area (Å²) in [7, 11) is 0. The molecule has 0 radical (unpaired) electrons. The Kier molecular flexibility index (Phi) is 7.58. The van der Waals surface area contributed by atoms with Gasteiger partial charge in [0.1, 0.15) is 30.1 Å². The van der Waals surface area contributed by atoms with Crippen LogP contribution >= 0.6 is 0 Å². The van der Waals surface area contributed by atoms with Crippen LogP contribution in [0.2, 0.25) is 0 Å². The molecule has 36 heavy (non-hydrogen) atoms. The first kappa shape index (κ1) is 24.8. The lowest BCUT2D eigenvalue weighted by atomic mass is 10.1. The van der Waals surface area contributed by atoms with E-state index in [1.807, 2.05) is 65.2 Å². The fraction of sp³-hybridized carbons (Fsp3) is 0.296. The van der Waals surface area contributed by atoms with Crippen LogP contribution in [-0.2, 0) is 33.8 Å². The maximum atomic E-state index is 13.0. The summed E-state index contributed by atoms with van der Waals surface area (Å²) in [6.07, 6.45) is 2.47. The van der Waals surface area contributed by atoms with E-state index < -0.39 is 23.7 Å². The third-order valence-corrected chi connectivity index (χ3v) is 5.27. The van der Waals surface area contributed by atoms with Gasteiger partial charge in [0.05, 0.1) is 18.6 Å². The van der Waals surface area contributed by atoms with Crippen LogP contribution in [0.25, 0.3) is 11.2 Å². The molecule has 9 nitrogen and oxygen atoms in total. The molecule has 0 aliphatic carbocycles. The number of carbonyl (C=O) groups excluding carboxylic acids is 2. The average Bonchev–Trinajstić information content (AvgIpc) is 3.26. The standard InChI is InChI=1S/C27H29N5O4/c1-27(2,3)36-26(34)31-22(25(33)35-16-20-12-8-5-9-13-20)14-21-23-24(29-17-28-21)32(18-30-23)15-19-10-6-4-7-11-19/h4-13,17-18,22H,14-16H2,1-3H3,(H,31,34)/t22-/m0/s1. The van der Waals surface area contributed by atoms with E-state index in [1.165, 1.54) is 6.33 Å². The molecule has 2 aromatic heterocycles. The van der Waals surface area contributed by atoms with Gasteiger partial charge in [-0.1, -0.05) is 60.7 Å². The van der Waals surface area contributed by atoms with Crippen LogP contribution in [0.15, 0.2) is 73.3 Å². The topological polar surface area (TPSA) is 108 Å². The first-order valence-corrected chi connectivity index (χ1v) is 11.7. The summed E-state index contributed by atoms with van der Waals surface area (Å²) >= 11 is 0. The normalized spacial score (nSPS) is 12.2. The van der Waals surface area contributed by atoms with Gasteiger partial charge in [-0.25, -0.2) is 24.5 Å². The van der Waals surface area contributed by atoms with Gasteiger partial charge >= 0.3 is 12.1 Å². The molecular formula is C27H29N5O4. The molecule has 2 aromatic carbocycles. The van der Waals surface area contributed by atoms with Gasteiger partial charge in [-0.05, 0) is 31.9 Å². The molecular weight excluding hydrogens is 458 g/mol. The average molecular weight is 488 g/mol. The van der Waals surface area contributed by atoms with E-state index in [2.05, 4.69) is 20.3 Å². The lowest BCUT2D eigenvalue weighted by Crippen LogP contribution is -2.45. The minimum absolute atomic E-state index is 0.0637. The lowest BCUT2D eigenvalue weighted by molar-refractivity contribution is -0.147. The van der Waals surface area contributed by atoms with Crippen molar-refractivity contribution >= 4 is 23.2 Å². The van der Waals surface area contributed by atoms with Gasteiger partial charge in [0.15, 0.2) is 5.65 Å². The molecule has 0 unspecified atom stereocenters. The second-order valence-electron chi connectivity index (χ2n) is 9.35. The molecule has 0 saturated carbocycles. The van der Waals surface area contributed by atoms with E-state index in [4.69, 9.17) is 9.47 Å². The van der Waals surface area contributed by atoms with Crippen molar-refractivity contribution in [2.45, 2.75) is 52.0 Å². The number of benzene rings is 2. The zero-order chi connectivity index (χ0) is 25.5. The molecule has 4 aromatic rings. The Morgan fingerprint density at radius 2 is 1.61 bits per heavy atom. The lowest BCUT2D eigenvalue weighted by Gasteiger charge is -2.23. The fourth-order valence-corrected chi connectivity index (χ4v) is 3.64. The Bertz CT molecular complexity index is 1320. The van der Waals surface area contributed by atoms with E-state index in [0.29, 0.717) is 23.4 Å². The minimum atomic E-state index is -1.03. The summed E-state index contributed by atoms with van der Waals surface area (Å²) in [6, 6.07) is 18.3. The number of esters is 1. The van der Waals surface area contributed by atoms with Crippen LogP contribution < -0.4 is 5.32 Å². The number of ether oxygens (including phenoxy) is 2. The number of nitrogens with zero attached hydrogens (tertiary/aromatic N) is 4. The molecule has 0 fully saturated rings. The highest BCUT2D eigenvalue weighted by Crippen LogP contribution is 2.17. The molecule has 2 heterocycles. The van der Waals surface area contributed by atoms with Gasteiger partial charge in [0.25, 0.3) is 0 Å². The van der Waals surface area contributed by atoms with Crippen molar-refractivity contribution in [2.75, 3.05) is 0 Å². The molecule has 0 bridgehead atoms. The largest absolute Gasteiger partial charge is 0.459 e. The predicted molar refractivity (Wildman–Crippen MR) is 134 cm³/mol. The van der Waals surface area contributed by atoms with E-state index in [1.54, 1.807) is 27.1 Å². The molecule has 1 amide bonds. The highest BCUT2D eigenvalue weighted by molar-refractivity contribution is 5.83. The van der Waals surface area contributed by atoms with Crippen molar-refractivity contribution in [1.82, 2.24) is 24.8 Å². The number of hydrogen-bond donors (Lipinski definition) is 1. The van der Waals surface area contributed by atoms with Gasteiger partial charge in [-0.15, -0.1) is 0 Å². The van der Waals surface area contributed by atoms with Crippen LogP contribution in [0.4, 0.5) is 4.79 Å². The first-order chi connectivity index (χ1) is 17.3. The number of alkyl carbamates (subject to hydrolysis) is 1. The summed E-state index contributed by atoms with van der Waals surface area (Å²) in [5.74, 6) is -0.597. The molecule has 4 rings (SSSR count). The van der Waals surface area contributed by atoms with Crippen LogP contribution in [0.5, 0.6) is 0 Å². The Morgan fingerprint density at radius 3 is 2.28 bits per heavy atom.